The molecule has 3 heterocycles. The number of ether oxygens (including phenoxy) is 7. The third-order valence-corrected chi connectivity index (χ3v) is 9.50. The van der Waals surface area contributed by atoms with Crippen LogP contribution >= 0.6 is 0 Å². The summed E-state index contributed by atoms with van der Waals surface area (Å²) >= 11 is 0. The molecule has 0 saturated carbocycles. The topological polar surface area (TPSA) is 193 Å². The lowest BCUT2D eigenvalue weighted by Crippen LogP contribution is -2.67. The van der Waals surface area contributed by atoms with Gasteiger partial charge >= 0.3 is 5.97 Å². The minimum atomic E-state index is -1.57. The molecule has 14 heteroatoms. The van der Waals surface area contributed by atoms with Gasteiger partial charge in [0.25, 0.3) is 0 Å². The zero-order valence-corrected chi connectivity index (χ0v) is 31.5. The lowest BCUT2D eigenvalue weighted by atomic mass is 9.85. The second-order valence-corrected chi connectivity index (χ2v) is 16.1. The second-order valence-electron chi connectivity index (χ2n) is 16.1. The van der Waals surface area contributed by atoms with E-state index in [1.54, 1.807) is 53.7 Å². The molecule has 1 aromatic rings. The Labute approximate surface area is 295 Å². The van der Waals surface area contributed by atoms with Gasteiger partial charge in [-0.3, -0.25) is 0 Å². The molecule has 10 atom stereocenters. The minimum Gasteiger partial charge on any atom is -0.466 e. The molecule has 2 aliphatic rings. The molecule has 2 aliphatic heterocycles. The molecule has 1 aromatic heterocycles. The number of rotatable bonds is 16. The molecule has 0 bridgehead atoms. The van der Waals surface area contributed by atoms with Crippen molar-refractivity contribution in [3.63, 3.8) is 0 Å². The molecule has 4 N–H and O–H groups in total. The lowest BCUT2D eigenvalue weighted by molar-refractivity contribution is -0.303. The third-order valence-electron chi connectivity index (χ3n) is 9.50. The summed E-state index contributed by atoms with van der Waals surface area (Å²) in [5.74, 6) is -0.449. The fourth-order valence-electron chi connectivity index (χ4n) is 6.11. The van der Waals surface area contributed by atoms with Gasteiger partial charge in [0.1, 0.15) is 67.3 Å². The maximum absolute atomic E-state index is 13.5. The fraction of sp³-hybridized carbons (Fsp3) is 0.833. The highest BCUT2D eigenvalue weighted by molar-refractivity contribution is 5.76. The highest BCUT2D eigenvalue weighted by atomic mass is 16.6. The first-order chi connectivity index (χ1) is 22.9. The quantitative estimate of drug-likeness (QED) is 0.144. The summed E-state index contributed by atoms with van der Waals surface area (Å²) in [7, 11) is 0. The van der Waals surface area contributed by atoms with Crippen LogP contribution in [0.4, 0.5) is 0 Å². The number of aliphatic hydroxyl groups excluding tert-OH is 4. The molecule has 2 saturated heterocycles. The van der Waals surface area contributed by atoms with Crippen LogP contribution < -0.4 is 0 Å². The molecular weight excluding hydrogens is 656 g/mol. The molecule has 2 fully saturated rings. The van der Waals surface area contributed by atoms with E-state index in [1.165, 1.54) is 6.26 Å². The van der Waals surface area contributed by atoms with Crippen LogP contribution in [0.5, 0.6) is 0 Å². The number of carbonyl (C=O) groups excluding carboxylic acids is 2. The van der Waals surface area contributed by atoms with Crippen molar-refractivity contribution in [2.75, 3.05) is 6.61 Å². The summed E-state index contributed by atoms with van der Waals surface area (Å²) in [6.45, 7) is 20.7. The van der Waals surface area contributed by atoms with Crippen molar-refractivity contribution in [2.45, 2.75) is 179 Å². The Morgan fingerprint density at radius 3 is 1.94 bits per heavy atom. The number of hydrogen-bond donors (Lipinski definition) is 4. The van der Waals surface area contributed by atoms with Gasteiger partial charge in [0.05, 0.1) is 41.4 Å². The Morgan fingerprint density at radius 1 is 0.840 bits per heavy atom. The Kier molecular flexibility index (Phi) is 13.9. The van der Waals surface area contributed by atoms with E-state index in [9.17, 15) is 30.0 Å². The summed E-state index contributed by atoms with van der Waals surface area (Å²) in [6, 6.07) is 3.30. The summed E-state index contributed by atoms with van der Waals surface area (Å²) in [6.07, 6.45) is -11.8. The Hall–Kier alpha value is -1.98. The number of aldehydes is 1. The van der Waals surface area contributed by atoms with Crippen molar-refractivity contribution < 1.29 is 67.6 Å². The SMILES string of the molecule is CC(C)OC(C)(C)C1OC(C=O)[C@@H](OC(C)(C)COC(C)(C)C2OC(C(=O)OCc3ccco3)[C@@H](OC(C)(C)C(C)C)C(O)C2O)C(O)C1O. The average molecular weight is 717 g/mol. The lowest BCUT2D eigenvalue weighted by Gasteiger charge is -2.50. The monoisotopic (exact) mass is 716 g/mol. The van der Waals surface area contributed by atoms with Gasteiger partial charge in [-0.15, -0.1) is 0 Å². The predicted molar refractivity (Wildman–Crippen MR) is 179 cm³/mol. The molecule has 288 valence electrons. The largest absolute Gasteiger partial charge is 0.466 e. The molecule has 14 nitrogen and oxygen atoms in total. The van der Waals surface area contributed by atoms with Gasteiger partial charge in [0.15, 0.2) is 12.4 Å². The molecular formula is C36H60O14. The van der Waals surface area contributed by atoms with E-state index >= 15 is 0 Å². The first kappa shape index (κ1) is 42.4. The summed E-state index contributed by atoms with van der Waals surface area (Å²) in [5.41, 5.74) is -4.40. The van der Waals surface area contributed by atoms with E-state index in [2.05, 4.69) is 0 Å². The van der Waals surface area contributed by atoms with E-state index in [0.29, 0.717) is 12.0 Å². The zero-order valence-electron chi connectivity index (χ0n) is 31.5. The van der Waals surface area contributed by atoms with E-state index in [-0.39, 0.29) is 25.2 Å². The molecule has 8 unspecified atom stereocenters. The van der Waals surface area contributed by atoms with Crippen LogP contribution in [0.1, 0.15) is 88.8 Å². The molecule has 50 heavy (non-hydrogen) atoms. The van der Waals surface area contributed by atoms with Gasteiger partial charge in [0, 0.05) is 0 Å². The maximum atomic E-state index is 13.5. The second kappa shape index (κ2) is 16.4. The van der Waals surface area contributed by atoms with E-state index < -0.39 is 89.4 Å². The molecule has 0 aromatic carbocycles. The first-order valence-corrected chi connectivity index (χ1v) is 17.3. The third kappa shape index (κ3) is 10.1. The molecule has 0 spiro atoms. The first-order valence-electron chi connectivity index (χ1n) is 17.3. The van der Waals surface area contributed by atoms with E-state index in [0.717, 1.165) is 0 Å². The van der Waals surface area contributed by atoms with Gasteiger partial charge in [0.2, 0.25) is 0 Å². The van der Waals surface area contributed by atoms with Crippen LogP contribution in [-0.4, -0.2) is 129 Å². The Bertz CT molecular complexity index is 1230. The van der Waals surface area contributed by atoms with Crippen LogP contribution in [0.25, 0.3) is 0 Å². The average Bonchev–Trinajstić information content (AvgIpc) is 3.53. The van der Waals surface area contributed by atoms with Crippen molar-refractivity contribution in [3.05, 3.63) is 24.2 Å². The molecule has 0 radical (unpaired) electrons. The van der Waals surface area contributed by atoms with Crippen molar-refractivity contribution in [3.8, 4) is 0 Å². The smallest absolute Gasteiger partial charge is 0.338 e. The molecule has 3 rings (SSSR count). The zero-order chi connectivity index (χ0) is 38.0. The number of carbonyl (C=O) groups is 2. The van der Waals surface area contributed by atoms with Gasteiger partial charge in [-0.1, -0.05) is 13.8 Å². The van der Waals surface area contributed by atoms with Crippen LogP contribution in [0.3, 0.4) is 0 Å². The van der Waals surface area contributed by atoms with Gasteiger partial charge in [-0.05, 0) is 87.3 Å². The van der Waals surface area contributed by atoms with Gasteiger partial charge in [-0.25, -0.2) is 4.79 Å². The number of aliphatic hydroxyl groups is 4. The van der Waals surface area contributed by atoms with Gasteiger partial charge in [-0.2, -0.15) is 0 Å². The van der Waals surface area contributed by atoms with Crippen molar-refractivity contribution in [2.24, 2.45) is 5.92 Å². The molecule has 0 amide bonds. The van der Waals surface area contributed by atoms with E-state index in [4.69, 9.17) is 37.6 Å². The van der Waals surface area contributed by atoms with Gasteiger partial charge < -0.3 is 62.8 Å². The van der Waals surface area contributed by atoms with Crippen molar-refractivity contribution in [1.82, 2.24) is 0 Å². The fourth-order valence-corrected chi connectivity index (χ4v) is 6.11. The van der Waals surface area contributed by atoms with Crippen molar-refractivity contribution >= 4 is 12.3 Å². The normalized spacial score (nSPS) is 31.6. The predicted octanol–water partition coefficient (Wildman–Crippen LogP) is 2.48. The van der Waals surface area contributed by atoms with Crippen LogP contribution in [0.2, 0.25) is 0 Å². The standard InChI is InChI=1S/C36H60O14/c1-19(2)34(7,8)50-28-24(39)26(41)30(47-29(28)32(42)44-17-21-14-13-15-43-21)35(9,10)45-18-33(5,6)49-27-22(16-37)46-31(25(40)23(27)38)36(11,12)48-20(3)4/h13-16,19-20,22-31,38-41H,17-18H2,1-12H3/t22?,23?,24?,25?,26?,27-,28+,29?,30?,31?/m1/s1. The van der Waals surface area contributed by atoms with Crippen LogP contribution in [0.15, 0.2) is 22.8 Å². The molecule has 0 aliphatic carbocycles. The Balaban J connectivity index is 1.77. The van der Waals surface area contributed by atoms with Crippen LogP contribution in [0, 0.1) is 5.92 Å². The summed E-state index contributed by atoms with van der Waals surface area (Å²) in [5, 5.41) is 44.9. The van der Waals surface area contributed by atoms with Crippen LogP contribution in [-0.2, 0) is 49.4 Å². The number of esters is 1. The van der Waals surface area contributed by atoms with Crippen molar-refractivity contribution in [1.29, 1.82) is 0 Å². The summed E-state index contributed by atoms with van der Waals surface area (Å²) in [4.78, 5) is 25.6. The maximum Gasteiger partial charge on any atom is 0.338 e. The summed E-state index contributed by atoms with van der Waals surface area (Å²) < 4.78 is 47.4. The number of hydrogen-bond acceptors (Lipinski definition) is 14. The highest BCUT2D eigenvalue weighted by Crippen LogP contribution is 2.37. The minimum absolute atomic E-state index is 0.0230. The number of furan rings is 1. The highest BCUT2D eigenvalue weighted by Gasteiger charge is 2.56. The van der Waals surface area contributed by atoms with E-state index in [1.807, 2.05) is 41.5 Å². The Morgan fingerprint density at radius 2 is 1.42 bits per heavy atom.